The first-order chi connectivity index (χ1) is 10.4. The molecule has 22 heavy (non-hydrogen) atoms. The fourth-order valence-electron chi connectivity index (χ4n) is 1.61. The van der Waals surface area contributed by atoms with E-state index in [1.54, 1.807) is 30.3 Å². The molecule has 3 N–H and O–H groups in total. The number of nitrogens with one attached hydrogen (secondary N) is 2. The third-order valence-electron chi connectivity index (χ3n) is 2.59. The molecule has 8 heteroatoms. The SMILES string of the molecule is O=C(NC(=S)Nc1cc(Br)c(O)c(Br)c1)c1cccc(I)c1. The van der Waals surface area contributed by atoms with Crippen LogP contribution in [0.25, 0.3) is 0 Å². The van der Waals surface area contributed by atoms with Crippen molar-refractivity contribution >= 4 is 83.4 Å². The third kappa shape index (κ3) is 4.64. The first-order valence-corrected chi connectivity index (χ1v) is 9.00. The van der Waals surface area contributed by atoms with Gasteiger partial charge in [0.25, 0.3) is 5.91 Å². The molecule has 0 aliphatic rings. The van der Waals surface area contributed by atoms with Crippen molar-refractivity contribution in [2.75, 3.05) is 5.32 Å². The van der Waals surface area contributed by atoms with Gasteiger partial charge in [-0.1, -0.05) is 6.07 Å². The Kier molecular flexibility index (Phi) is 6.18. The molecule has 2 rings (SSSR count). The molecule has 0 heterocycles. The standard InChI is InChI=1S/C14H9Br2IN2O2S/c15-10-5-9(6-11(16)12(10)20)18-14(22)19-13(21)7-2-1-3-8(17)4-7/h1-6,20H,(H2,18,19,21,22). The van der Waals surface area contributed by atoms with Gasteiger partial charge in [-0.15, -0.1) is 0 Å². The third-order valence-corrected chi connectivity index (χ3v) is 4.67. The summed E-state index contributed by atoms with van der Waals surface area (Å²) in [5, 5.41) is 15.3. The van der Waals surface area contributed by atoms with Crippen molar-refractivity contribution in [3.63, 3.8) is 0 Å². The lowest BCUT2D eigenvalue weighted by molar-refractivity contribution is 0.0977. The number of halogens is 3. The average molecular weight is 556 g/mol. The largest absolute Gasteiger partial charge is 0.506 e. The molecule has 0 spiro atoms. The second-order valence-corrected chi connectivity index (χ2v) is 7.57. The highest BCUT2D eigenvalue weighted by Crippen LogP contribution is 2.35. The molecule has 1 amide bonds. The summed E-state index contributed by atoms with van der Waals surface area (Å²) in [7, 11) is 0. The number of hydrogen-bond donors (Lipinski definition) is 3. The number of phenols is 1. The number of amides is 1. The van der Waals surface area contributed by atoms with Gasteiger partial charge in [0.1, 0.15) is 5.75 Å². The van der Waals surface area contributed by atoms with Gasteiger partial charge in [-0.25, -0.2) is 0 Å². The number of rotatable bonds is 2. The zero-order chi connectivity index (χ0) is 16.3. The molecule has 0 radical (unpaired) electrons. The molecule has 0 bridgehead atoms. The molecule has 0 aliphatic carbocycles. The van der Waals surface area contributed by atoms with E-state index < -0.39 is 0 Å². The van der Waals surface area contributed by atoms with Crippen molar-refractivity contribution in [2.24, 2.45) is 0 Å². The molecule has 114 valence electrons. The van der Waals surface area contributed by atoms with E-state index in [9.17, 15) is 9.90 Å². The van der Waals surface area contributed by atoms with Crippen LogP contribution < -0.4 is 10.6 Å². The second-order valence-electron chi connectivity index (χ2n) is 4.21. The Morgan fingerprint density at radius 1 is 1.18 bits per heavy atom. The maximum absolute atomic E-state index is 12.1. The van der Waals surface area contributed by atoms with Crippen LogP contribution in [0.4, 0.5) is 5.69 Å². The quantitative estimate of drug-likeness (QED) is 0.287. The molecule has 0 fully saturated rings. The van der Waals surface area contributed by atoms with Crippen LogP contribution in [0.15, 0.2) is 45.3 Å². The predicted molar refractivity (Wildman–Crippen MR) is 106 cm³/mol. The molecule has 2 aromatic rings. The lowest BCUT2D eigenvalue weighted by Crippen LogP contribution is -2.34. The lowest BCUT2D eigenvalue weighted by atomic mass is 10.2. The van der Waals surface area contributed by atoms with Gasteiger partial charge in [0.15, 0.2) is 5.11 Å². The van der Waals surface area contributed by atoms with Gasteiger partial charge in [0, 0.05) is 14.8 Å². The predicted octanol–water partition coefficient (Wildman–Crippen LogP) is 4.65. The monoisotopic (exact) mass is 554 g/mol. The van der Waals surface area contributed by atoms with E-state index in [1.165, 1.54) is 0 Å². The van der Waals surface area contributed by atoms with E-state index >= 15 is 0 Å². The van der Waals surface area contributed by atoms with Crippen LogP contribution in [-0.2, 0) is 0 Å². The van der Waals surface area contributed by atoms with Gasteiger partial charge in [-0.3, -0.25) is 10.1 Å². The summed E-state index contributed by atoms with van der Waals surface area (Å²) in [5.74, 6) is -0.188. The number of aromatic hydroxyl groups is 1. The first-order valence-electron chi connectivity index (χ1n) is 5.92. The summed E-state index contributed by atoms with van der Waals surface area (Å²) in [6.07, 6.45) is 0. The summed E-state index contributed by atoms with van der Waals surface area (Å²) in [6.45, 7) is 0. The molecular formula is C14H9Br2IN2O2S. The van der Waals surface area contributed by atoms with Crippen LogP contribution >= 0.6 is 66.7 Å². The minimum absolute atomic E-state index is 0.0966. The Hall–Kier alpha value is -0.710. The summed E-state index contributed by atoms with van der Waals surface area (Å²) in [5.41, 5.74) is 1.16. The minimum atomic E-state index is -0.284. The highest BCUT2D eigenvalue weighted by Gasteiger charge is 2.10. The topological polar surface area (TPSA) is 61.4 Å². The van der Waals surface area contributed by atoms with E-state index in [0.29, 0.717) is 20.2 Å². The van der Waals surface area contributed by atoms with Crippen LogP contribution in [-0.4, -0.2) is 16.1 Å². The van der Waals surface area contributed by atoms with Crippen molar-refractivity contribution in [1.82, 2.24) is 5.32 Å². The number of benzene rings is 2. The fraction of sp³-hybridized carbons (Fsp3) is 0. The van der Waals surface area contributed by atoms with Crippen LogP contribution in [0, 0.1) is 3.57 Å². The zero-order valence-corrected chi connectivity index (χ0v) is 17.0. The molecule has 0 unspecified atom stereocenters. The van der Waals surface area contributed by atoms with Gasteiger partial charge in [-0.2, -0.15) is 0 Å². The van der Waals surface area contributed by atoms with Crippen molar-refractivity contribution < 1.29 is 9.90 Å². The number of hydrogen-bond acceptors (Lipinski definition) is 3. The highest BCUT2D eigenvalue weighted by atomic mass is 127. The Bertz CT molecular complexity index is 732. The van der Waals surface area contributed by atoms with E-state index in [2.05, 4.69) is 65.1 Å². The van der Waals surface area contributed by atoms with Crippen LogP contribution in [0.3, 0.4) is 0 Å². The maximum Gasteiger partial charge on any atom is 0.257 e. The Labute approximate surface area is 163 Å². The first kappa shape index (κ1) is 17.6. The number of carbonyl (C=O) groups is 1. The number of thiocarbonyl (C=S) groups is 1. The van der Waals surface area contributed by atoms with E-state index in [0.717, 1.165) is 3.57 Å². The van der Waals surface area contributed by atoms with E-state index in [4.69, 9.17) is 12.2 Å². The normalized spacial score (nSPS) is 10.1. The molecule has 0 aromatic heterocycles. The Balaban J connectivity index is 2.06. The molecule has 4 nitrogen and oxygen atoms in total. The second kappa shape index (κ2) is 7.71. The maximum atomic E-state index is 12.1. The van der Waals surface area contributed by atoms with Gasteiger partial charge < -0.3 is 10.4 Å². The number of phenolic OH excluding ortho intramolecular Hbond substituents is 1. The summed E-state index contributed by atoms with van der Waals surface area (Å²) < 4.78 is 1.99. The zero-order valence-electron chi connectivity index (χ0n) is 10.9. The van der Waals surface area contributed by atoms with E-state index in [1.807, 2.05) is 6.07 Å². The summed E-state index contributed by atoms with van der Waals surface area (Å²) in [4.78, 5) is 12.1. The van der Waals surface area contributed by atoms with Crippen LogP contribution in [0.5, 0.6) is 5.75 Å². The molecule has 0 saturated heterocycles. The van der Waals surface area contributed by atoms with Gasteiger partial charge in [0.05, 0.1) is 8.95 Å². The van der Waals surface area contributed by atoms with Crippen molar-refractivity contribution in [3.05, 3.63) is 54.5 Å². The van der Waals surface area contributed by atoms with E-state index in [-0.39, 0.29) is 16.8 Å². The molecule has 0 atom stereocenters. The molecule has 0 aliphatic heterocycles. The van der Waals surface area contributed by atoms with Crippen molar-refractivity contribution in [1.29, 1.82) is 0 Å². The fourth-order valence-corrected chi connectivity index (χ4v) is 3.55. The summed E-state index contributed by atoms with van der Waals surface area (Å²) >= 11 is 13.7. The summed E-state index contributed by atoms with van der Waals surface area (Å²) in [6, 6.07) is 10.5. The van der Waals surface area contributed by atoms with Gasteiger partial charge in [0.2, 0.25) is 0 Å². The van der Waals surface area contributed by atoms with Crippen LogP contribution in [0.2, 0.25) is 0 Å². The molecule has 0 saturated carbocycles. The van der Waals surface area contributed by atoms with Crippen LogP contribution in [0.1, 0.15) is 10.4 Å². The van der Waals surface area contributed by atoms with Gasteiger partial charge in [-0.05, 0) is 97.0 Å². The smallest absolute Gasteiger partial charge is 0.257 e. The Morgan fingerprint density at radius 2 is 1.82 bits per heavy atom. The number of carbonyl (C=O) groups excluding carboxylic acids is 1. The van der Waals surface area contributed by atoms with Crippen molar-refractivity contribution in [2.45, 2.75) is 0 Å². The molecule has 2 aromatic carbocycles. The van der Waals surface area contributed by atoms with Crippen molar-refractivity contribution in [3.8, 4) is 5.75 Å². The lowest BCUT2D eigenvalue weighted by Gasteiger charge is -2.11. The molecular weight excluding hydrogens is 547 g/mol. The highest BCUT2D eigenvalue weighted by molar-refractivity contribution is 14.1. The minimum Gasteiger partial charge on any atom is -0.506 e. The van der Waals surface area contributed by atoms with Gasteiger partial charge >= 0.3 is 0 Å². The Morgan fingerprint density at radius 3 is 2.41 bits per heavy atom. The average Bonchev–Trinajstić information content (AvgIpc) is 2.44. The number of anilines is 1.